The molecule has 1 aromatic carbocycles. The van der Waals surface area contributed by atoms with Crippen molar-refractivity contribution in [3.63, 3.8) is 0 Å². The maximum atomic E-state index is 10.7. The number of ether oxygens (including phenoxy) is 1. The number of rotatable bonds is 1. The molecule has 0 atom stereocenters. The Balaban J connectivity index is 0.00000144. The molecular weight excluding hydrogens is 213 g/mol. The zero-order valence-corrected chi connectivity index (χ0v) is 8.48. The van der Waals surface area contributed by atoms with E-state index in [0.29, 0.717) is 10.8 Å². The lowest BCUT2D eigenvalue weighted by Crippen LogP contribution is -2.21. The first-order valence-electron chi connectivity index (χ1n) is 3.37. The molecule has 1 amide bonds. The molecule has 72 valence electrons. The molecule has 0 aliphatic heterocycles. The van der Waals surface area contributed by atoms with Crippen molar-refractivity contribution in [3.8, 4) is 5.75 Å². The summed E-state index contributed by atoms with van der Waals surface area (Å²) in [6.07, 6.45) is -0.489. The average Bonchev–Trinajstić information content (AvgIpc) is 2.09. The lowest BCUT2D eigenvalue weighted by molar-refractivity contribution is 0.203. The lowest BCUT2D eigenvalue weighted by atomic mass is 10.3. The van der Waals surface area contributed by atoms with Crippen molar-refractivity contribution in [2.75, 3.05) is 7.05 Å². The summed E-state index contributed by atoms with van der Waals surface area (Å²) in [5.41, 5.74) is 0. The Morgan fingerprint density at radius 1 is 1.38 bits per heavy atom. The molecule has 0 aliphatic rings. The summed E-state index contributed by atoms with van der Waals surface area (Å²) < 4.78 is 4.81. The van der Waals surface area contributed by atoms with Crippen LogP contribution >= 0.6 is 24.0 Å². The number of hydrogen-bond donors (Lipinski definition) is 1. The van der Waals surface area contributed by atoms with Crippen LogP contribution in [-0.2, 0) is 0 Å². The van der Waals surface area contributed by atoms with Crippen molar-refractivity contribution in [2.24, 2.45) is 0 Å². The minimum atomic E-state index is -0.489. The van der Waals surface area contributed by atoms with E-state index in [2.05, 4.69) is 5.32 Å². The predicted octanol–water partition coefficient (Wildman–Crippen LogP) is 2.48. The van der Waals surface area contributed by atoms with Gasteiger partial charge in [0, 0.05) is 12.1 Å². The molecule has 0 fully saturated rings. The lowest BCUT2D eigenvalue weighted by Gasteiger charge is -2.01. The SMILES string of the molecule is CNC(=O)Oc1ccc(Cl)cc1.Cl. The zero-order chi connectivity index (χ0) is 8.97. The van der Waals surface area contributed by atoms with Crippen LogP contribution in [0.25, 0.3) is 0 Å². The first-order chi connectivity index (χ1) is 5.72. The largest absolute Gasteiger partial charge is 0.412 e. The molecule has 0 aliphatic carbocycles. The van der Waals surface area contributed by atoms with Crippen LogP contribution in [-0.4, -0.2) is 13.1 Å². The van der Waals surface area contributed by atoms with Gasteiger partial charge in [-0.05, 0) is 24.3 Å². The van der Waals surface area contributed by atoms with E-state index in [9.17, 15) is 4.79 Å². The van der Waals surface area contributed by atoms with Crippen LogP contribution in [0.4, 0.5) is 4.79 Å². The highest BCUT2D eigenvalue weighted by Gasteiger charge is 1.99. The summed E-state index contributed by atoms with van der Waals surface area (Å²) in [5, 5.41) is 2.94. The van der Waals surface area contributed by atoms with Gasteiger partial charge in [-0.15, -0.1) is 12.4 Å². The van der Waals surface area contributed by atoms with Gasteiger partial charge in [-0.2, -0.15) is 0 Å². The second kappa shape index (κ2) is 5.67. The van der Waals surface area contributed by atoms with Gasteiger partial charge in [0.25, 0.3) is 0 Å². The third kappa shape index (κ3) is 4.01. The van der Waals surface area contributed by atoms with Crippen LogP contribution in [0.2, 0.25) is 5.02 Å². The van der Waals surface area contributed by atoms with Crippen LogP contribution in [0.15, 0.2) is 24.3 Å². The second-order valence-corrected chi connectivity index (χ2v) is 2.53. The molecule has 5 heteroatoms. The molecule has 1 aromatic rings. The summed E-state index contributed by atoms with van der Waals surface area (Å²) in [5.74, 6) is 0.471. The highest BCUT2D eigenvalue weighted by molar-refractivity contribution is 6.30. The summed E-state index contributed by atoms with van der Waals surface area (Å²) in [6.45, 7) is 0. The molecule has 0 heterocycles. The molecule has 3 nitrogen and oxygen atoms in total. The summed E-state index contributed by atoms with van der Waals surface area (Å²) >= 11 is 5.63. The van der Waals surface area contributed by atoms with E-state index >= 15 is 0 Å². The number of benzene rings is 1. The summed E-state index contributed by atoms with van der Waals surface area (Å²) in [7, 11) is 1.50. The predicted molar refractivity (Wildman–Crippen MR) is 53.8 cm³/mol. The van der Waals surface area contributed by atoms with Crippen molar-refractivity contribution in [2.45, 2.75) is 0 Å². The Morgan fingerprint density at radius 2 is 1.92 bits per heavy atom. The van der Waals surface area contributed by atoms with Crippen LogP contribution in [0, 0.1) is 0 Å². The van der Waals surface area contributed by atoms with Crippen molar-refractivity contribution in [1.82, 2.24) is 5.32 Å². The van der Waals surface area contributed by atoms with E-state index in [4.69, 9.17) is 16.3 Å². The first kappa shape index (κ1) is 12.1. The van der Waals surface area contributed by atoms with E-state index in [0.717, 1.165) is 0 Å². The van der Waals surface area contributed by atoms with Gasteiger partial charge < -0.3 is 10.1 Å². The maximum Gasteiger partial charge on any atom is 0.412 e. The van der Waals surface area contributed by atoms with Gasteiger partial charge >= 0.3 is 6.09 Å². The summed E-state index contributed by atoms with van der Waals surface area (Å²) in [6, 6.07) is 6.55. The van der Waals surface area contributed by atoms with Crippen LogP contribution < -0.4 is 10.1 Å². The minimum Gasteiger partial charge on any atom is -0.410 e. The van der Waals surface area contributed by atoms with Crippen molar-refractivity contribution >= 4 is 30.1 Å². The average molecular weight is 222 g/mol. The summed E-state index contributed by atoms with van der Waals surface area (Å²) in [4.78, 5) is 10.7. The Kier molecular flexibility index (Phi) is 5.26. The number of carbonyl (C=O) groups excluding carboxylic acids is 1. The molecule has 0 spiro atoms. The molecule has 0 unspecified atom stereocenters. The van der Waals surface area contributed by atoms with Crippen molar-refractivity contribution in [3.05, 3.63) is 29.3 Å². The van der Waals surface area contributed by atoms with Gasteiger partial charge in [-0.3, -0.25) is 0 Å². The molecule has 0 radical (unpaired) electrons. The number of amides is 1. The molecule has 0 aromatic heterocycles. The van der Waals surface area contributed by atoms with Gasteiger partial charge in [-0.1, -0.05) is 11.6 Å². The van der Waals surface area contributed by atoms with E-state index in [1.54, 1.807) is 24.3 Å². The fourth-order valence-electron chi connectivity index (χ4n) is 0.661. The maximum absolute atomic E-state index is 10.7. The van der Waals surface area contributed by atoms with Gasteiger partial charge in [0.05, 0.1) is 0 Å². The Morgan fingerprint density at radius 3 is 2.38 bits per heavy atom. The third-order valence-corrected chi connectivity index (χ3v) is 1.48. The topological polar surface area (TPSA) is 38.3 Å². The van der Waals surface area contributed by atoms with E-state index in [1.165, 1.54) is 7.05 Å². The smallest absolute Gasteiger partial charge is 0.410 e. The van der Waals surface area contributed by atoms with Gasteiger partial charge in [0.2, 0.25) is 0 Å². The first-order valence-corrected chi connectivity index (χ1v) is 3.75. The fourth-order valence-corrected chi connectivity index (χ4v) is 0.787. The van der Waals surface area contributed by atoms with Crippen LogP contribution in [0.1, 0.15) is 0 Å². The number of nitrogens with one attached hydrogen (secondary N) is 1. The Hall–Kier alpha value is -0.930. The molecule has 0 bridgehead atoms. The molecular formula is C8H9Cl2NO2. The van der Waals surface area contributed by atoms with E-state index in [1.807, 2.05) is 0 Å². The number of carbonyl (C=O) groups is 1. The van der Waals surface area contributed by atoms with Crippen LogP contribution in [0.3, 0.4) is 0 Å². The molecule has 1 rings (SSSR count). The van der Waals surface area contributed by atoms with Crippen molar-refractivity contribution in [1.29, 1.82) is 0 Å². The van der Waals surface area contributed by atoms with Crippen LogP contribution in [0.5, 0.6) is 5.75 Å². The second-order valence-electron chi connectivity index (χ2n) is 2.09. The molecule has 1 N–H and O–H groups in total. The van der Waals surface area contributed by atoms with Gasteiger partial charge in [0.1, 0.15) is 5.75 Å². The Labute approximate surface area is 87.4 Å². The monoisotopic (exact) mass is 221 g/mol. The highest BCUT2D eigenvalue weighted by Crippen LogP contribution is 2.15. The quantitative estimate of drug-likeness (QED) is 0.792. The minimum absolute atomic E-state index is 0. The number of halogens is 2. The van der Waals surface area contributed by atoms with E-state index in [-0.39, 0.29) is 12.4 Å². The standard InChI is InChI=1S/C8H8ClNO2.ClH/c1-10-8(11)12-7-4-2-6(9)3-5-7;/h2-5H,1H3,(H,10,11);1H. The van der Waals surface area contributed by atoms with Crippen molar-refractivity contribution < 1.29 is 9.53 Å². The third-order valence-electron chi connectivity index (χ3n) is 1.23. The molecule has 13 heavy (non-hydrogen) atoms. The van der Waals surface area contributed by atoms with Gasteiger partial charge in [-0.25, -0.2) is 4.79 Å². The number of hydrogen-bond acceptors (Lipinski definition) is 2. The Bertz CT molecular complexity index is 274. The zero-order valence-electron chi connectivity index (χ0n) is 6.91. The normalized spacial score (nSPS) is 8.46. The molecule has 0 saturated carbocycles. The molecule has 0 saturated heterocycles. The fraction of sp³-hybridized carbons (Fsp3) is 0.125. The van der Waals surface area contributed by atoms with E-state index < -0.39 is 6.09 Å². The highest BCUT2D eigenvalue weighted by atomic mass is 35.5. The van der Waals surface area contributed by atoms with Gasteiger partial charge in [0.15, 0.2) is 0 Å².